The highest BCUT2D eigenvalue weighted by atomic mass is 32.2. The Kier molecular flexibility index (Phi) is 11.6. The zero-order valence-corrected chi connectivity index (χ0v) is 27.7. The van der Waals surface area contributed by atoms with E-state index >= 15 is 0 Å². The maximum atomic E-state index is 13.5. The van der Waals surface area contributed by atoms with Gasteiger partial charge in [-0.1, -0.05) is 29.8 Å². The van der Waals surface area contributed by atoms with E-state index < -0.39 is 46.5 Å². The van der Waals surface area contributed by atoms with Crippen LogP contribution >= 0.6 is 0 Å². The predicted octanol–water partition coefficient (Wildman–Crippen LogP) is 5.71. The molecule has 4 rings (SSSR count). The number of aryl methyl sites for hydroxylation is 1. The maximum Gasteiger partial charge on any atom is 0.511 e. The summed E-state index contributed by atoms with van der Waals surface area (Å²) >= 11 is 0. The van der Waals surface area contributed by atoms with Crippen molar-refractivity contribution in [2.24, 2.45) is 11.2 Å². The minimum absolute atomic E-state index is 0.0938. The Hall–Kier alpha value is -5.07. The lowest BCUT2D eigenvalue weighted by Gasteiger charge is -2.28. The number of halogens is 3. The van der Waals surface area contributed by atoms with E-state index in [0.29, 0.717) is 24.9 Å². The summed E-state index contributed by atoms with van der Waals surface area (Å²) in [5.74, 6) is -0.360. The number of carbonyl (C=O) groups excluding carboxylic acids is 2. The fraction of sp³-hybridized carbons (Fsp3) is 0.433. The minimum atomic E-state index is -4.72. The average molecular weight is 713 g/mol. The van der Waals surface area contributed by atoms with E-state index in [1.54, 1.807) is 42.8 Å². The van der Waals surface area contributed by atoms with Crippen LogP contribution in [-0.4, -0.2) is 72.5 Å². The molecular weight excluding hydrogens is 677 g/mol. The molecule has 2 atom stereocenters. The zero-order chi connectivity index (χ0) is 35.9. The summed E-state index contributed by atoms with van der Waals surface area (Å²) in [6.07, 6.45) is -7.52. The van der Waals surface area contributed by atoms with Crippen LogP contribution in [0.25, 0.3) is 16.9 Å². The van der Waals surface area contributed by atoms with Crippen molar-refractivity contribution in [1.29, 1.82) is 0 Å². The van der Waals surface area contributed by atoms with Crippen molar-refractivity contribution in [3.63, 3.8) is 0 Å². The Balaban J connectivity index is 1.34. The lowest BCUT2D eigenvalue weighted by Crippen LogP contribution is -2.42. The first-order chi connectivity index (χ1) is 23.0. The van der Waals surface area contributed by atoms with E-state index in [9.17, 15) is 36.4 Å². The van der Waals surface area contributed by atoms with E-state index in [-0.39, 0.29) is 40.3 Å². The van der Waals surface area contributed by atoms with Crippen LogP contribution in [0.3, 0.4) is 0 Å². The summed E-state index contributed by atoms with van der Waals surface area (Å²) < 4.78 is 83.9. The van der Waals surface area contributed by atoms with Crippen molar-refractivity contribution in [3.05, 3.63) is 71.1 Å². The van der Waals surface area contributed by atoms with Crippen LogP contribution < -0.4 is 4.72 Å². The number of alkyl halides is 3. The van der Waals surface area contributed by atoms with E-state index in [1.807, 2.05) is 6.92 Å². The fourth-order valence-corrected chi connectivity index (χ4v) is 5.57. The Morgan fingerprint density at radius 3 is 2.41 bits per heavy atom. The normalized spacial score (nSPS) is 16.2. The highest BCUT2D eigenvalue weighted by molar-refractivity contribution is 7.90. The summed E-state index contributed by atoms with van der Waals surface area (Å²) in [5, 5.41) is 20.7. The molecule has 1 aliphatic rings. The number of hydrogen-bond donors (Lipinski definition) is 1. The van der Waals surface area contributed by atoms with Gasteiger partial charge in [0, 0.05) is 18.4 Å². The van der Waals surface area contributed by atoms with Crippen molar-refractivity contribution in [2.45, 2.75) is 64.0 Å². The second-order valence-electron chi connectivity index (χ2n) is 11.4. The second kappa shape index (κ2) is 15.4. The summed E-state index contributed by atoms with van der Waals surface area (Å²) in [6, 6.07) is 12.4. The van der Waals surface area contributed by atoms with Gasteiger partial charge in [-0.2, -0.15) is 18.3 Å². The van der Waals surface area contributed by atoms with Crippen molar-refractivity contribution in [1.82, 2.24) is 19.5 Å². The van der Waals surface area contributed by atoms with Crippen LogP contribution in [0, 0.1) is 18.0 Å². The molecule has 0 radical (unpaired) electrons. The Morgan fingerprint density at radius 1 is 1.10 bits per heavy atom. The van der Waals surface area contributed by atoms with Gasteiger partial charge in [-0.05, 0) is 63.9 Å². The predicted molar refractivity (Wildman–Crippen MR) is 164 cm³/mol. The molecule has 1 aromatic heterocycles. The quantitative estimate of drug-likeness (QED) is 0.0847. The molecule has 2 aromatic carbocycles. The third-order valence-corrected chi connectivity index (χ3v) is 8.33. The first-order valence-electron chi connectivity index (χ1n) is 15.0. The molecule has 1 saturated heterocycles. The van der Waals surface area contributed by atoms with Crippen LogP contribution in [0.4, 0.5) is 22.8 Å². The topological polar surface area (TPSA) is 177 Å². The monoisotopic (exact) mass is 712 g/mol. The zero-order valence-electron chi connectivity index (χ0n) is 26.9. The Bertz CT molecular complexity index is 1750. The average Bonchev–Trinajstić information content (AvgIpc) is 3.49. The summed E-state index contributed by atoms with van der Waals surface area (Å²) in [6.45, 7) is 6.59. The number of aromatic nitrogens is 2. The number of nitrogens with zero attached hydrogens (tertiary/aromatic N) is 5. The number of benzene rings is 2. The van der Waals surface area contributed by atoms with E-state index in [0.717, 1.165) is 28.4 Å². The molecule has 1 N–H and O–H groups in total. The van der Waals surface area contributed by atoms with Gasteiger partial charge in [0.25, 0.3) is 16.3 Å². The number of ether oxygens (including phenoxy) is 3. The van der Waals surface area contributed by atoms with Crippen molar-refractivity contribution in [3.8, 4) is 16.9 Å². The summed E-state index contributed by atoms with van der Waals surface area (Å²) in [5.41, 5.74) is 0.532. The van der Waals surface area contributed by atoms with E-state index in [2.05, 4.69) is 10.4 Å². The standard InChI is InChI=1S/C30H35F3N6O9S/c1-19(2)46-29(41)47-21(4)48-36-39(42)37-15-5-6-22(17-37)18-45-28(40)35-49(43,44)25-13-11-24(12-14-25)38-26(16-27(34-38)30(31,32)33)23-9-7-20(3)8-10-23/h7-14,16,19,21-22H,5-6,15,17-18H2,1-4H3,(H,35,40). The summed E-state index contributed by atoms with van der Waals surface area (Å²) in [4.78, 5) is 28.6. The summed E-state index contributed by atoms with van der Waals surface area (Å²) in [7, 11) is -4.43. The number of hydrazine groups is 1. The molecule has 0 aliphatic carbocycles. The van der Waals surface area contributed by atoms with Gasteiger partial charge in [-0.25, -0.2) is 27.4 Å². The highest BCUT2D eigenvalue weighted by Crippen LogP contribution is 2.33. The molecule has 0 bridgehead atoms. The van der Waals surface area contributed by atoms with Gasteiger partial charge in [0.2, 0.25) is 5.28 Å². The molecule has 2 unspecified atom stereocenters. The molecule has 15 nitrogen and oxygen atoms in total. The highest BCUT2D eigenvalue weighted by Gasteiger charge is 2.35. The molecule has 1 amide bonds. The van der Waals surface area contributed by atoms with Gasteiger partial charge >= 0.3 is 18.4 Å². The SMILES string of the molecule is Cc1ccc(-c2cc(C(F)(F)F)nn2-c2ccc(S(=O)(=O)NC(=O)OCC3CCCN([N+]([O-])=NOC(C)OC(=O)OC(C)C)C3)cc2)cc1. The smallest absolute Gasteiger partial charge is 0.511 e. The lowest BCUT2D eigenvalue weighted by atomic mass is 10.0. The lowest BCUT2D eigenvalue weighted by molar-refractivity contribution is -0.716. The number of nitrogens with one attached hydrogen (secondary N) is 1. The van der Waals surface area contributed by atoms with Gasteiger partial charge in [0.15, 0.2) is 5.69 Å². The number of rotatable bonds is 11. The molecule has 19 heteroatoms. The van der Waals surface area contributed by atoms with Gasteiger partial charge in [0.1, 0.15) is 0 Å². The third kappa shape index (κ3) is 10.2. The minimum Gasteiger partial charge on any atom is -0.569 e. The molecule has 3 aromatic rings. The molecule has 0 spiro atoms. The maximum absolute atomic E-state index is 13.5. The molecule has 2 heterocycles. The van der Waals surface area contributed by atoms with Crippen molar-refractivity contribution >= 4 is 22.3 Å². The number of amides is 1. The molecule has 0 saturated carbocycles. The molecule has 1 fully saturated rings. The van der Waals surface area contributed by atoms with E-state index in [1.165, 1.54) is 24.1 Å². The van der Waals surface area contributed by atoms with Crippen molar-refractivity contribution < 1.29 is 55.2 Å². The third-order valence-electron chi connectivity index (χ3n) is 7.01. The number of sulfonamides is 1. The van der Waals surface area contributed by atoms with Crippen LogP contribution in [0.1, 0.15) is 44.9 Å². The molecular formula is C30H35F3N6O9S. The van der Waals surface area contributed by atoms with Gasteiger partial charge in [-0.3, -0.25) is 4.84 Å². The number of hydrogen-bond acceptors (Lipinski definition) is 11. The number of carbonyl (C=O) groups is 2. The molecule has 49 heavy (non-hydrogen) atoms. The second-order valence-corrected chi connectivity index (χ2v) is 13.0. The fourth-order valence-electron chi connectivity index (χ4n) is 4.67. The largest absolute Gasteiger partial charge is 0.569 e. The van der Waals surface area contributed by atoms with Crippen molar-refractivity contribution in [2.75, 3.05) is 19.7 Å². The van der Waals surface area contributed by atoms with Gasteiger partial charge in [0.05, 0.1) is 47.0 Å². The Labute approximate surface area is 279 Å². The van der Waals surface area contributed by atoms with Gasteiger partial charge in [-0.15, -0.1) is 5.01 Å². The first kappa shape index (κ1) is 36.8. The van der Waals surface area contributed by atoms with Crippen LogP contribution in [-0.2, 0) is 35.2 Å². The van der Waals surface area contributed by atoms with Gasteiger partial charge < -0.3 is 19.4 Å². The molecule has 1 aliphatic heterocycles. The van der Waals surface area contributed by atoms with Crippen LogP contribution in [0.5, 0.6) is 0 Å². The molecule has 266 valence electrons. The van der Waals surface area contributed by atoms with Crippen LogP contribution in [0.2, 0.25) is 0 Å². The first-order valence-corrected chi connectivity index (χ1v) is 16.5. The van der Waals surface area contributed by atoms with Crippen LogP contribution in [0.15, 0.2) is 64.8 Å². The number of piperidine rings is 1. The van der Waals surface area contributed by atoms with E-state index in [4.69, 9.17) is 19.0 Å². The Morgan fingerprint density at radius 2 is 1.78 bits per heavy atom.